The topological polar surface area (TPSA) is 170 Å². The molecule has 8 heteroatoms. The Balaban J connectivity index is 2.63. The van der Waals surface area contributed by atoms with Crippen LogP contribution < -0.4 is 33.8 Å². The highest BCUT2D eigenvalue weighted by atomic mass is 15.4. The summed E-state index contributed by atoms with van der Waals surface area (Å²) in [6.45, 7) is 0.416. The normalized spacial score (nSPS) is 12.5. The fraction of sp³-hybridized carbons (Fsp3) is 0.286. The van der Waals surface area contributed by atoms with Gasteiger partial charge in [0, 0.05) is 37.1 Å². The van der Waals surface area contributed by atoms with Crippen molar-refractivity contribution in [1.82, 2.24) is 0 Å². The lowest BCUT2D eigenvalue weighted by molar-refractivity contribution is 0.859. The molecule has 0 aliphatic rings. The van der Waals surface area contributed by atoms with Gasteiger partial charge in [-0.3, -0.25) is 10.0 Å². The van der Waals surface area contributed by atoms with Crippen molar-refractivity contribution in [3.05, 3.63) is 41.7 Å². The Bertz CT molecular complexity index is 530. The second kappa shape index (κ2) is 8.65. The number of aliphatic imine (C=N–C) groups is 1. The Labute approximate surface area is 130 Å². The quantitative estimate of drug-likeness (QED) is 0.161. The van der Waals surface area contributed by atoms with Crippen LogP contribution in [0.1, 0.15) is 12.0 Å². The van der Waals surface area contributed by atoms with E-state index in [0.717, 1.165) is 11.3 Å². The Morgan fingerprint density at radius 3 is 2.41 bits per heavy atom. The zero-order chi connectivity index (χ0) is 16.5. The molecule has 0 heterocycles. The van der Waals surface area contributed by atoms with E-state index < -0.39 is 0 Å². The number of nitrogens with two attached hydrogens (primary N) is 5. The maximum atomic E-state index is 7.10. The number of nitrogens with one attached hydrogen (secondary N) is 1. The van der Waals surface area contributed by atoms with Crippen molar-refractivity contribution in [2.75, 3.05) is 11.6 Å². The Kier molecular flexibility index (Phi) is 6.87. The predicted octanol–water partition coefficient (Wildman–Crippen LogP) is -0.650. The predicted molar refractivity (Wildman–Crippen MR) is 91.1 cm³/mol. The van der Waals surface area contributed by atoms with Gasteiger partial charge in [0.25, 0.3) is 0 Å². The number of anilines is 1. The van der Waals surface area contributed by atoms with Crippen LogP contribution in [-0.2, 0) is 6.42 Å². The lowest BCUT2D eigenvalue weighted by Gasteiger charge is -2.16. The van der Waals surface area contributed by atoms with Gasteiger partial charge in [0.15, 0.2) is 5.96 Å². The van der Waals surface area contributed by atoms with Crippen LogP contribution in [0.25, 0.3) is 0 Å². The summed E-state index contributed by atoms with van der Waals surface area (Å²) in [7, 11) is 0. The molecule has 0 fully saturated rings. The molecule has 1 aromatic rings. The summed E-state index contributed by atoms with van der Waals surface area (Å²) in [6, 6.07) is 7.30. The number of hydrogen-bond acceptors (Lipinski definition) is 6. The highest BCUT2D eigenvalue weighted by Crippen LogP contribution is 2.14. The lowest BCUT2D eigenvalue weighted by Crippen LogP contribution is -2.26. The third-order valence-corrected chi connectivity index (χ3v) is 2.92. The molecule has 0 aliphatic carbocycles. The average Bonchev–Trinajstić information content (AvgIpc) is 2.47. The van der Waals surface area contributed by atoms with Gasteiger partial charge in [-0.1, -0.05) is 12.1 Å². The first kappa shape index (κ1) is 17.5. The first-order chi connectivity index (χ1) is 10.4. The molecule has 0 radical (unpaired) electrons. The van der Waals surface area contributed by atoms with Crippen molar-refractivity contribution in [2.45, 2.75) is 18.9 Å². The minimum atomic E-state index is -0.272. The number of nitrogens with zero attached hydrogens (tertiary/aromatic N) is 2. The van der Waals surface area contributed by atoms with E-state index in [4.69, 9.17) is 34.2 Å². The summed E-state index contributed by atoms with van der Waals surface area (Å²) in [5.74, 6) is 5.97. The molecule has 0 spiro atoms. The standard InChI is InChI=1S/C14H24N8/c15-8-12(17)7-10-1-3-13(4-2-10)22(20)9-11(16)5-6-21-14(18)19/h1-4,8-9,12,15H,5-7,16-17,20H2,(H4,18,19,21)/b11-9-,15-8?. The van der Waals surface area contributed by atoms with E-state index in [1.807, 2.05) is 24.3 Å². The van der Waals surface area contributed by atoms with Gasteiger partial charge < -0.3 is 28.3 Å². The summed E-state index contributed by atoms with van der Waals surface area (Å²) in [5.41, 5.74) is 24.4. The Hall–Kier alpha value is -2.58. The SMILES string of the molecule is N=CC(N)Cc1ccc(N(N)/C=C(\N)CCN=C(N)N)cc1. The minimum Gasteiger partial charge on any atom is -0.401 e. The molecular formula is C14H24N8. The maximum absolute atomic E-state index is 7.10. The van der Waals surface area contributed by atoms with Crippen LogP contribution in [0.5, 0.6) is 0 Å². The van der Waals surface area contributed by atoms with E-state index >= 15 is 0 Å². The third-order valence-electron chi connectivity index (χ3n) is 2.92. The summed E-state index contributed by atoms with van der Waals surface area (Å²) in [6.07, 6.45) is 3.98. The smallest absolute Gasteiger partial charge is 0.185 e. The number of hydrogen-bond donors (Lipinski definition) is 6. The second-order valence-electron chi connectivity index (χ2n) is 4.87. The molecule has 22 heavy (non-hydrogen) atoms. The van der Waals surface area contributed by atoms with Crippen LogP contribution in [0.2, 0.25) is 0 Å². The van der Waals surface area contributed by atoms with Gasteiger partial charge in [-0.15, -0.1) is 0 Å². The highest BCUT2D eigenvalue weighted by molar-refractivity contribution is 5.75. The van der Waals surface area contributed by atoms with E-state index in [9.17, 15) is 0 Å². The Morgan fingerprint density at radius 1 is 1.23 bits per heavy atom. The molecular weight excluding hydrogens is 280 g/mol. The zero-order valence-electron chi connectivity index (χ0n) is 12.4. The molecule has 8 nitrogen and oxygen atoms in total. The van der Waals surface area contributed by atoms with Crippen LogP contribution in [0, 0.1) is 5.41 Å². The zero-order valence-corrected chi connectivity index (χ0v) is 12.4. The van der Waals surface area contributed by atoms with Gasteiger partial charge in [-0.05, 0) is 24.1 Å². The van der Waals surface area contributed by atoms with E-state index in [1.54, 1.807) is 6.20 Å². The summed E-state index contributed by atoms with van der Waals surface area (Å²) >= 11 is 0. The molecule has 0 saturated carbocycles. The number of benzene rings is 1. The van der Waals surface area contributed by atoms with Crippen molar-refractivity contribution in [1.29, 1.82) is 5.41 Å². The van der Waals surface area contributed by atoms with Gasteiger partial charge in [0.1, 0.15) is 0 Å². The van der Waals surface area contributed by atoms with Gasteiger partial charge in [-0.25, -0.2) is 5.84 Å². The molecule has 0 aliphatic heterocycles. The van der Waals surface area contributed by atoms with Crippen LogP contribution in [0.3, 0.4) is 0 Å². The van der Waals surface area contributed by atoms with Crippen LogP contribution in [0.4, 0.5) is 5.69 Å². The van der Waals surface area contributed by atoms with Gasteiger partial charge in [-0.2, -0.15) is 0 Å². The van der Waals surface area contributed by atoms with Crippen molar-refractivity contribution in [3.63, 3.8) is 0 Å². The lowest BCUT2D eigenvalue weighted by atomic mass is 10.1. The largest absolute Gasteiger partial charge is 0.401 e. The molecule has 11 N–H and O–H groups in total. The first-order valence-electron chi connectivity index (χ1n) is 6.83. The van der Waals surface area contributed by atoms with E-state index in [2.05, 4.69) is 4.99 Å². The maximum Gasteiger partial charge on any atom is 0.185 e. The third kappa shape index (κ3) is 6.25. The summed E-state index contributed by atoms with van der Waals surface area (Å²) in [4.78, 5) is 3.85. The molecule has 1 atom stereocenters. The van der Waals surface area contributed by atoms with Crippen molar-refractivity contribution < 1.29 is 0 Å². The molecule has 0 bridgehead atoms. The number of rotatable bonds is 8. The van der Waals surface area contributed by atoms with Gasteiger partial charge in [0.2, 0.25) is 0 Å². The van der Waals surface area contributed by atoms with Crippen LogP contribution >= 0.6 is 0 Å². The molecule has 0 saturated heterocycles. The van der Waals surface area contributed by atoms with Crippen molar-refractivity contribution in [2.24, 2.45) is 33.8 Å². The summed E-state index contributed by atoms with van der Waals surface area (Å²) in [5, 5.41) is 8.54. The van der Waals surface area contributed by atoms with Crippen LogP contribution in [-0.4, -0.2) is 24.8 Å². The molecule has 1 rings (SSSR count). The molecule has 120 valence electrons. The van der Waals surface area contributed by atoms with Gasteiger partial charge >= 0.3 is 0 Å². The highest BCUT2D eigenvalue weighted by Gasteiger charge is 2.03. The van der Waals surface area contributed by atoms with Gasteiger partial charge in [0.05, 0.1) is 5.69 Å². The molecule has 1 unspecified atom stereocenters. The van der Waals surface area contributed by atoms with Crippen molar-refractivity contribution in [3.8, 4) is 0 Å². The molecule has 1 aromatic carbocycles. The number of guanidine groups is 1. The van der Waals surface area contributed by atoms with E-state index in [-0.39, 0.29) is 12.0 Å². The van der Waals surface area contributed by atoms with Crippen LogP contribution in [0.15, 0.2) is 41.2 Å². The second-order valence-corrected chi connectivity index (χ2v) is 4.87. The average molecular weight is 304 g/mol. The van der Waals surface area contributed by atoms with Crippen molar-refractivity contribution >= 4 is 17.9 Å². The van der Waals surface area contributed by atoms with E-state index in [0.29, 0.717) is 25.1 Å². The minimum absolute atomic E-state index is 0.0381. The van der Waals surface area contributed by atoms with E-state index in [1.165, 1.54) is 11.2 Å². The first-order valence-corrected chi connectivity index (χ1v) is 6.83. The fourth-order valence-electron chi connectivity index (χ4n) is 1.77. The molecule has 0 amide bonds. The number of hydrazine groups is 1. The summed E-state index contributed by atoms with van der Waals surface area (Å²) < 4.78 is 0. The Morgan fingerprint density at radius 2 is 1.86 bits per heavy atom. The monoisotopic (exact) mass is 304 g/mol. The fourth-order valence-corrected chi connectivity index (χ4v) is 1.77. The molecule has 0 aromatic heterocycles.